The molecule has 0 aliphatic heterocycles. The number of methoxy groups -OCH3 is 3. The zero-order valence-electron chi connectivity index (χ0n) is 60.3. The third-order valence-electron chi connectivity index (χ3n) is 15.4. The number of hydrogen-bond acceptors (Lipinski definition) is 16. The van der Waals surface area contributed by atoms with Gasteiger partial charge in [-0.05, 0) is 139 Å². The highest BCUT2D eigenvalue weighted by Crippen LogP contribution is 2.54. The Hall–Kier alpha value is -3.71. The number of benzene rings is 4. The number of carbonyl (C=O) groups is 3. The molecule has 0 heterocycles. The molecule has 0 amide bonds. The number of thioether (sulfide) groups is 4. The van der Waals surface area contributed by atoms with Crippen molar-refractivity contribution >= 4 is 80.9 Å². The van der Waals surface area contributed by atoms with Crippen molar-refractivity contribution in [3.8, 4) is 23.0 Å². The molecular weight excluding hydrogens is 1270 g/mol. The second-order valence-electron chi connectivity index (χ2n) is 31.8. The summed E-state index contributed by atoms with van der Waals surface area (Å²) in [6.07, 6.45) is 1.37. The number of phenols is 4. The van der Waals surface area contributed by atoms with Crippen molar-refractivity contribution < 1.29 is 49.0 Å². The highest BCUT2D eigenvalue weighted by atomic mass is 79.9. The predicted molar refractivity (Wildman–Crippen MR) is 387 cm³/mol. The fraction of sp³-hybridized carbons (Fsp3) is 0.630. The van der Waals surface area contributed by atoms with E-state index in [1.165, 1.54) is 21.3 Å². The molecule has 17 heteroatoms. The summed E-state index contributed by atoms with van der Waals surface area (Å²) in [5.74, 6) is 0.347. The van der Waals surface area contributed by atoms with E-state index in [0.717, 1.165) is 70.5 Å². The van der Waals surface area contributed by atoms with Crippen molar-refractivity contribution in [2.45, 2.75) is 264 Å². The second kappa shape index (κ2) is 31.7. The number of rotatable bonds is 20. The van der Waals surface area contributed by atoms with Gasteiger partial charge in [0.15, 0.2) is 0 Å². The third-order valence-corrected chi connectivity index (χ3v) is 20.7. The van der Waals surface area contributed by atoms with Crippen LogP contribution in [0, 0.1) is 0 Å². The standard InChI is InChI=1S/C38H59NO6S2.C32H51NO2S2.C3H5BrO2/c1-34(2,3)26-18-24(19-27(32(26)42)35(4,5)6)46-38(12,13)47-25-20-28(36(7,8)9)33(43)29(21-25)37(10,11)16-17-39(22-30(40)44-14)23-31(41)45-15;1-28(2,3)22-16-20(17-23(26(22)34)29(4,5)6)36-32(12,13)37-21-18-24(30(7,8)9)27(35)25(19-21)31(10,11)14-15-33;1-6-3(5)2-4/h18-21,42-43H,16-17,22-23H2,1-15H3;16-19,34-35H,14-15,33H2,1-13H3;2H2,1H3. The normalized spacial score (nSPS) is 13.1. The SMILES string of the molecule is CC(C)(Sc1cc(C(C)(C)C)c(O)c(C(C)(C)C)c1)Sc1cc(C(C)(C)C)c(O)c(C(C)(C)CCN)c1.COC(=O)CBr.COC(=O)CN(CCC(C)(C)c1cc(SC(C)(C)Sc2cc(C(C)(C)C)c(O)c(C(C)(C)C)c2)cc(C(C)(C)C)c1O)CC(=O)OC. The van der Waals surface area contributed by atoms with Gasteiger partial charge in [-0.25, -0.2) is 0 Å². The molecule has 0 fully saturated rings. The maximum absolute atomic E-state index is 12.1. The maximum atomic E-state index is 12.1. The van der Waals surface area contributed by atoms with E-state index in [9.17, 15) is 34.8 Å². The van der Waals surface area contributed by atoms with E-state index in [1.807, 2.05) is 23.5 Å². The molecule has 0 bridgehead atoms. The molecule has 0 unspecified atom stereocenters. The number of ether oxygens (including phenoxy) is 3. The fourth-order valence-electron chi connectivity index (χ4n) is 10.1. The zero-order chi connectivity index (χ0) is 70.1. The smallest absolute Gasteiger partial charge is 0.319 e. The molecule has 4 rings (SSSR count). The average Bonchev–Trinajstić information content (AvgIpc) is 0.801. The Morgan fingerprint density at radius 3 is 0.789 bits per heavy atom. The molecule has 4 aromatic rings. The van der Waals surface area contributed by atoms with Gasteiger partial charge in [0.25, 0.3) is 0 Å². The molecule has 12 nitrogen and oxygen atoms in total. The zero-order valence-corrected chi connectivity index (χ0v) is 65.2. The van der Waals surface area contributed by atoms with Crippen LogP contribution in [0.2, 0.25) is 0 Å². The number of nitrogens with two attached hydrogens (primary N) is 1. The van der Waals surface area contributed by atoms with E-state index < -0.39 is 17.4 Å². The summed E-state index contributed by atoms with van der Waals surface area (Å²) in [7, 11) is 4.00. The van der Waals surface area contributed by atoms with Crippen LogP contribution in [-0.4, -0.2) is 104 Å². The minimum Gasteiger partial charge on any atom is -0.507 e. The minimum atomic E-state index is -0.497. The number of hydrogen-bond donors (Lipinski definition) is 5. The summed E-state index contributed by atoms with van der Waals surface area (Å²) >= 11 is 10.0. The Labute approximate surface area is 569 Å². The Morgan fingerprint density at radius 1 is 0.389 bits per heavy atom. The van der Waals surface area contributed by atoms with E-state index in [1.54, 1.807) is 28.4 Å². The van der Waals surface area contributed by atoms with Gasteiger partial charge in [0.05, 0.1) is 42.6 Å². The summed E-state index contributed by atoms with van der Waals surface area (Å²) in [4.78, 5) is 40.2. The first kappa shape index (κ1) is 82.4. The van der Waals surface area contributed by atoms with Crippen LogP contribution >= 0.6 is 63.0 Å². The van der Waals surface area contributed by atoms with Crippen molar-refractivity contribution in [1.29, 1.82) is 0 Å². The molecule has 90 heavy (non-hydrogen) atoms. The number of nitrogens with zero attached hydrogens (tertiary/aromatic N) is 1. The van der Waals surface area contributed by atoms with Crippen LogP contribution in [0.3, 0.4) is 0 Å². The van der Waals surface area contributed by atoms with Crippen LogP contribution in [-0.2, 0) is 71.9 Å². The van der Waals surface area contributed by atoms with E-state index in [-0.39, 0.29) is 76.2 Å². The van der Waals surface area contributed by atoms with Gasteiger partial charge in [-0.1, -0.05) is 168 Å². The fourth-order valence-corrected chi connectivity index (χ4v) is 15.5. The number of halogens is 1. The van der Waals surface area contributed by atoms with Crippen LogP contribution in [0.1, 0.15) is 237 Å². The predicted octanol–water partition coefficient (Wildman–Crippen LogP) is 18.7. The molecule has 0 saturated carbocycles. The quantitative estimate of drug-likeness (QED) is 0.0185. The Balaban J connectivity index is 0.000000574. The minimum absolute atomic E-state index is 0.0344. The monoisotopic (exact) mass is 1390 g/mol. The lowest BCUT2D eigenvalue weighted by Crippen LogP contribution is -2.38. The van der Waals surface area contributed by atoms with Gasteiger partial charge in [0.1, 0.15) is 28.3 Å². The van der Waals surface area contributed by atoms with Crippen molar-refractivity contribution in [2.75, 3.05) is 52.8 Å². The van der Waals surface area contributed by atoms with Crippen LogP contribution < -0.4 is 5.73 Å². The molecule has 0 radical (unpaired) electrons. The number of carbonyl (C=O) groups excluding carboxylic acids is 3. The molecule has 508 valence electrons. The number of alkyl halides is 1. The molecule has 6 N–H and O–H groups in total. The summed E-state index contributed by atoms with van der Waals surface area (Å²) in [6, 6.07) is 17.1. The number of esters is 3. The topological polar surface area (TPSA) is 189 Å². The van der Waals surface area contributed by atoms with Crippen LogP contribution in [0.25, 0.3) is 0 Å². The molecular formula is C73H115BrN2O10S4. The van der Waals surface area contributed by atoms with Gasteiger partial charge in [-0.15, -0.1) is 47.0 Å². The number of phenolic OH excluding ortho intramolecular Hbond substituents is 4. The van der Waals surface area contributed by atoms with E-state index in [4.69, 9.17) is 15.2 Å². The lowest BCUT2D eigenvalue weighted by Gasteiger charge is -2.33. The number of aromatic hydroxyl groups is 4. The highest BCUT2D eigenvalue weighted by molar-refractivity contribution is 9.09. The van der Waals surface area contributed by atoms with Gasteiger partial charge in [-0.2, -0.15) is 0 Å². The van der Waals surface area contributed by atoms with Gasteiger partial charge in [0.2, 0.25) is 0 Å². The molecule has 0 aromatic heterocycles. The van der Waals surface area contributed by atoms with Gasteiger partial charge >= 0.3 is 17.9 Å². The Bertz CT molecular complexity index is 3000. The Kier molecular flexibility index (Phi) is 29.0. The van der Waals surface area contributed by atoms with Crippen LogP contribution in [0.15, 0.2) is 68.1 Å². The summed E-state index contributed by atoms with van der Waals surface area (Å²) < 4.78 is 13.4. The second-order valence-corrected chi connectivity index (χ2v) is 39.7. The van der Waals surface area contributed by atoms with Crippen LogP contribution in [0.5, 0.6) is 23.0 Å². The molecule has 0 spiro atoms. The summed E-state index contributed by atoms with van der Waals surface area (Å²) in [6.45, 7) is 56.7. The molecule has 0 atom stereocenters. The van der Waals surface area contributed by atoms with Crippen molar-refractivity contribution in [3.05, 3.63) is 93.0 Å². The lowest BCUT2D eigenvalue weighted by atomic mass is 9.77. The molecule has 0 aliphatic rings. The van der Waals surface area contributed by atoms with Gasteiger partial charge in [0, 0.05) is 70.6 Å². The molecule has 0 saturated heterocycles. The van der Waals surface area contributed by atoms with Crippen molar-refractivity contribution in [1.82, 2.24) is 4.90 Å². The van der Waals surface area contributed by atoms with E-state index >= 15 is 0 Å². The summed E-state index contributed by atoms with van der Waals surface area (Å²) in [5, 5.41) is 45.7. The van der Waals surface area contributed by atoms with E-state index in [0.29, 0.717) is 36.8 Å². The first-order valence-corrected chi connectivity index (χ1v) is 35.4. The first-order chi connectivity index (χ1) is 40.5. The largest absolute Gasteiger partial charge is 0.507 e. The van der Waals surface area contributed by atoms with Crippen molar-refractivity contribution in [3.63, 3.8) is 0 Å². The average molecular weight is 1390 g/mol. The highest BCUT2D eigenvalue weighted by Gasteiger charge is 2.36. The van der Waals surface area contributed by atoms with Gasteiger partial charge < -0.3 is 40.4 Å². The van der Waals surface area contributed by atoms with Crippen molar-refractivity contribution in [2.24, 2.45) is 5.73 Å². The van der Waals surface area contributed by atoms with E-state index in [2.05, 4.69) is 249 Å². The van der Waals surface area contributed by atoms with Crippen LogP contribution in [0.4, 0.5) is 0 Å². The van der Waals surface area contributed by atoms with Gasteiger partial charge in [-0.3, -0.25) is 19.3 Å². The Morgan fingerprint density at radius 2 is 0.600 bits per heavy atom. The summed E-state index contributed by atoms with van der Waals surface area (Å²) in [5.41, 5.74) is 11.4. The first-order valence-electron chi connectivity index (χ1n) is 31.0. The lowest BCUT2D eigenvalue weighted by molar-refractivity contribution is -0.145. The molecule has 4 aromatic carbocycles. The third kappa shape index (κ3) is 24.6. The maximum Gasteiger partial charge on any atom is 0.319 e. The molecule has 0 aliphatic carbocycles.